The topological polar surface area (TPSA) is 67.7 Å². The summed E-state index contributed by atoms with van der Waals surface area (Å²) in [7, 11) is 0. The molecule has 0 saturated carbocycles. The average Bonchev–Trinajstić information content (AvgIpc) is 2.94. The van der Waals surface area contributed by atoms with E-state index >= 15 is 0 Å². The van der Waals surface area contributed by atoms with Gasteiger partial charge in [0.2, 0.25) is 0 Å². The molecule has 7 heteroatoms. The number of urea groups is 1. The molecule has 2 aliphatic rings. The summed E-state index contributed by atoms with van der Waals surface area (Å²) in [5, 5.41) is 6.55. The molecular weight excluding hydrogens is 312 g/mol. The first-order valence-electron chi connectivity index (χ1n) is 8.65. The number of ether oxygens (including phenoxy) is 1. The van der Waals surface area contributed by atoms with Crippen molar-refractivity contribution in [3.05, 3.63) is 10.6 Å². The van der Waals surface area contributed by atoms with Crippen LogP contribution in [0.15, 0.2) is 0 Å². The maximum atomic E-state index is 12.0. The van der Waals surface area contributed by atoms with Gasteiger partial charge in [0.15, 0.2) is 5.13 Å². The van der Waals surface area contributed by atoms with Gasteiger partial charge in [-0.05, 0) is 25.2 Å². The van der Waals surface area contributed by atoms with E-state index in [0.29, 0.717) is 6.54 Å². The van der Waals surface area contributed by atoms with Crippen LogP contribution in [0.1, 0.15) is 30.3 Å². The number of hydrogen-bond donors (Lipinski definition) is 3. The summed E-state index contributed by atoms with van der Waals surface area (Å²) >= 11 is 1.63. The van der Waals surface area contributed by atoms with Crippen LogP contribution in [0.3, 0.4) is 0 Å². The zero-order valence-corrected chi connectivity index (χ0v) is 14.6. The lowest BCUT2D eigenvalue weighted by Gasteiger charge is -2.23. The van der Waals surface area contributed by atoms with Gasteiger partial charge in [0.1, 0.15) is 13.1 Å². The number of anilines is 1. The van der Waals surface area contributed by atoms with E-state index in [1.807, 2.05) is 0 Å². The number of nitrogens with one attached hydrogen (secondary N) is 3. The van der Waals surface area contributed by atoms with Crippen LogP contribution in [0.4, 0.5) is 9.93 Å². The van der Waals surface area contributed by atoms with Crippen LogP contribution in [0.25, 0.3) is 0 Å². The molecule has 1 fully saturated rings. The molecule has 2 amide bonds. The fourth-order valence-electron chi connectivity index (χ4n) is 3.18. The number of quaternary nitrogens is 1. The molecule has 3 N–H and O–H groups in total. The quantitative estimate of drug-likeness (QED) is 0.692. The monoisotopic (exact) mass is 339 g/mol. The van der Waals surface area contributed by atoms with Crippen molar-refractivity contribution in [3.8, 4) is 0 Å². The van der Waals surface area contributed by atoms with E-state index in [9.17, 15) is 4.79 Å². The number of morpholine rings is 1. The molecule has 0 bridgehead atoms. The molecule has 0 aromatic carbocycles. The van der Waals surface area contributed by atoms with Crippen LogP contribution in [0, 0.1) is 5.92 Å². The number of aryl methyl sites for hydroxylation is 1. The summed E-state index contributed by atoms with van der Waals surface area (Å²) in [6, 6.07) is -0.138. The Balaban J connectivity index is 1.36. The highest BCUT2D eigenvalue weighted by Crippen LogP contribution is 2.31. The van der Waals surface area contributed by atoms with E-state index < -0.39 is 0 Å². The molecule has 2 heterocycles. The van der Waals surface area contributed by atoms with Crippen molar-refractivity contribution < 1.29 is 14.4 Å². The first-order valence-corrected chi connectivity index (χ1v) is 9.47. The van der Waals surface area contributed by atoms with Crippen LogP contribution in [0.2, 0.25) is 0 Å². The van der Waals surface area contributed by atoms with Gasteiger partial charge in [0.25, 0.3) is 0 Å². The normalized spacial score (nSPS) is 21.7. The first-order chi connectivity index (χ1) is 11.2. The van der Waals surface area contributed by atoms with Gasteiger partial charge in [-0.2, -0.15) is 0 Å². The lowest BCUT2D eigenvalue weighted by molar-refractivity contribution is -0.908. The molecule has 1 aromatic rings. The summed E-state index contributed by atoms with van der Waals surface area (Å²) in [5.74, 6) is 0.729. The summed E-state index contributed by atoms with van der Waals surface area (Å²) in [6.45, 7) is 7.95. The van der Waals surface area contributed by atoms with Crippen molar-refractivity contribution >= 4 is 22.5 Å². The van der Waals surface area contributed by atoms with E-state index in [0.717, 1.165) is 63.2 Å². The Morgan fingerprint density at radius 3 is 3.09 bits per heavy atom. The minimum Gasteiger partial charge on any atom is -0.370 e. The Morgan fingerprint density at radius 1 is 1.43 bits per heavy atom. The van der Waals surface area contributed by atoms with Gasteiger partial charge in [-0.3, -0.25) is 5.32 Å². The zero-order valence-electron chi connectivity index (χ0n) is 13.8. The number of carbonyl (C=O) groups is 1. The minimum absolute atomic E-state index is 0.138. The van der Waals surface area contributed by atoms with Gasteiger partial charge in [0, 0.05) is 17.8 Å². The van der Waals surface area contributed by atoms with Gasteiger partial charge < -0.3 is 15.0 Å². The lowest BCUT2D eigenvalue weighted by Crippen LogP contribution is -3.14. The molecule has 0 radical (unpaired) electrons. The van der Waals surface area contributed by atoms with E-state index in [-0.39, 0.29) is 6.03 Å². The second-order valence-electron chi connectivity index (χ2n) is 6.58. The zero-order chi connectivity index (χ0) is 16.1. The number of amides is 2. The van der Waals surface area contributed by atoms with Crippen molar-refractivity contribution in [1.82, 2.24) is 10.3 Å². The Kier molecular flexibility index (Phi) is 5.85. The number of nitrogens with zero attached hydrogens (tertiary/aromatic N) is 1. The Morgan fingerprint density at radius 2 is 2.26 bits per heavy atom. The SMILES string of the molecule is C[C@H]1CCc2nc(NC(=O)NCCC[NH+]3CCOCC3)sc2C1. The molecule has 0 spiro atoms. The van der Waals surface area contributed by atoms with Crippen molar-refractivity contribution in [2.24, 2.45) is 5.92 Å². The molecule has 1 aromatic heterocycles. The van der Waals surface area contributed by atoms with Gasteiger partial charge in [0.05, 0.1) is 25.5 Å². The highest BCUT2D eigenvalue weighted by atomic mass is 32.1. The van der Waals surface area contributed by atoms with E-state index in [1.54, 1.807) is 16.2 Å². The molecule has 1 aliphatic carbocycles. The molecule has 128 valence electrons. The van der Waals surface area contributed by atoms with Crippen LogP contribution in [-0.4, -0.2) is 50.4 Å². The van der Waals surface area contributed by atoms with E-state index in [1.165, 1.54) is 17.0 Å². The highest BCUT2D eigenvalue weighted by Gasteiger charge is 2.20. The molecular formula is C16H27N4O2S+. The molecule has 23 heavy (non-hydrogen) atoms. The number of hydrogen-bond acceptors (Lipinski definition) is 4. The van der Waals surface area contributed by atoms with Crippen molar-refractivity contribution in [2.75, 3.05) is 44.7 Å². The van der Waals surface area contributed by atoms with Crippen molar-refractivity contribution in [3.63, 3.8) is 0 Å². The van der Waals surface area contributed by atoms with Gasteiger partial charge in [-0.25, -0.2) is 9.78 Å². The third-order valence-electron chi connectivity index (χ3n) is 4.60. The largest absolute Gasteiger partial charge is 0.370 e. The predicted molar refractivity (Wildman–Crippen MR) is 91.3 cm³/mol. The van der Waals surface area contributed by atoms with Crippen LogP contribution >= 0.6 is 11.3 Å². The fraction of sp³-hybridized carbons (Fsp3) is 0.750. The van der Waals surface area contributed by atoms with Crippen LogP contribution < -0.4 is 15.5 Å². The third-order valence-corrected chi connectivity index (χ3v) is 5.63. The standard InChI is InChI=1S/C16H26N4O2S/c1-12-3-4-13-14(11-12)23-16(18-13)19-15(21)17-5-2-6-20-7-9-22-10-8-20/h12H,2-11H2,1H3,(H2,17,18,19,21)/p+1/t12-/m0/s1. The Bertz CT molecular complexity index is 528. The molecule has 1 atom stereocenters. The van der Waals surface area contributed by atoms with E-state index in [4.69, 9.17) is 4.74 Å². The molecule has 3 rings (SSSR count). The summed E-state index contributed by atoms with van der Waals surface area (Å²) in [5.41, 5.74) is 1.18. The maximum absolute atomic E-state index is 12.0. The van der Waals surface area contributed by atoms with Gasteiger partial charge >= 0.3 is 6.03 Å². The van der Waals surface area contributed by atoms with E-state index in [2.05, 4.69) is 22.5 Å². The van der Waals surface area contributed by atoms with Gasteiger partial charge in [-0.1, -0.05) is 6.92 Å². The van der Waals surface area contributed by atoms with Crippen molar-refractivity contribution in [1.29, 1.82) is 0 Å². The molecule has 1 aliphatic heterocycles. The average molecular weight is 339 g/mol. The summed E-state index contributed by atoms with van der Waals surface area (Å²) < 4.78 is 5.35. The number of fused-ring (bicyclic) bond motifs is 1. The number of aromatic nitrogens is 1. The third kappa shape index (κ3) is 4.89. The smallest absolute Gasteiger partial charge is 0.321 e. The predicted octanol–water partition coefficient (Wildman–Crippen LogP) is 0.695. The molecule has 1 saturated heterocycles. The second-order valence-corrected chi connectivity index (χ2v) is 7.67. The molecule has 6 nitrogen and oxygen atoms in total. The second kappa shape index (κ2) is 8.08. The van der Waals surface area contributed by atoms with Gasteiger partial charge in [-0.15, -0.1) is 11.3 Å². The first kappa shape index (κ1) is 16.7. The number of rotatable bonds is 5. The lowest BCUT2D eigenvalue weighted by atomic mass is 9.93. The Hall–Kier alpha value is -1.18. The fourth-order valence-corrected chi connectivity index (χ4v) is 4.35. The van der Waals surface area contributed by atoms with Crippen LogP contribution in [0.5, 0.6) is 0 Å². The molecule has 0 unspecified atom stereocenters. The minimum atomic E-state index is -0.138. The van der Waals surface area contributed by atoms with Crippen molar-refractivity contribution in [2.45, 2.75) is 32.6 Å². The number of carbonyl (C=O) groups excluding carboxylic acids is 1. The highest BCUT2D eigenvalue weighted by molar-refractivity contribution is 7.15. The van der Waals surface area contributed by atoms with Crippen LogP contribution in [-0.2, 0) is 17.6 Å². The number of thiazole rings is 1. The summed E-state index contributed by atoms with van der Waals surface area (Å²) in [6.07, 6.45) is 4.33. The maximum Gasteiger partial charge on any atom is 0.321 e. The summed E-state index contributed by atoms with van der Waals surface area (Å²) in [4.78, 5) is 19.4. The Labute approximate surface area is 141 Å².